The van der Waals surface area contributed by atoms with Gasteiger partial charge < -0.3 is 19.7 Å². The van der Waals surface area contributed by atoms with Crippen LogP contribution >= 0.6 is 11.6 Å². The first kappa shape index (κ1) is 22.7. The van der Waals surface area contributed by atoms with Gasteiger partial charge in [-0.25, -0.2) is 0 Å². The molecule has 0 aliphatic carbocycles. The monoisotopic (exact) mass is 464 g/mol. The molecule has 0 bridgehead atoms. The Hall–Kier alpha value is -3.51. The van der Waals surface area contributed by atoms with Crippen LogP contribution in [-0.2, 0) is 16.1 Å². The van der Waals surface area contributed by atoms with Gasteiger partial charge in [-0.2, -0.15) is 0 Å². The predicted octanol–water partition coefficient (Wildman–Crippen LogP) is 5.45. The molecule has 0 fully saturated rings. The Labute approximate surface area is 198 Å². The number of halogens is 1. The van der Waals surface area contributed by atoms with Crippen molar-refractivity contribution in [2.24, 2.45) is 0 Å². The molecular formula is C26H25ClN2O4. The van der Waals surface area contributed by atoms with Gasteiger partial charge in [-0.1, -0.05) is 41.9 Å². The lowest BCUT2D eigenvalue weighted by Crippen LogP contribution is -2.44. The molecule has 1 aliphatic heterocycles. The molecule has 3 aromatic rings. The van der Waals surface area contributed by atoms with E-state index in [1.165, 1.54) is 0 Å². The van der Waals surface area contributed by atoms with Crippen LogP contribution in [-0.4, -0.2) is 24.5 Å². The van der Waals surface area contributed by atoms with Gasteiger partial charge in [0, 0.05) is 17.1 Å². The van der Waals surface area contributed by atoms with Crippen LogP contribution in [0.3, 0.4) is 0 Å². The van der Waals surface area contributed by atoms with Crippen LogP contribution in [0.25, 0.3) is 0 Å². The van der Waals surface area contributed by atoms with Gasteiger partial charge in [0.2, 0.25) is 5.91 Å². The van der Waals surface area contributed by atoms with E-state index in [1.54, 1.807) is 42.2 Å². The average Bonchev–Trinajstić information content (AvgIpc) is 2.82. The second kappa shape index (κ2) is 10.4. The SMILES string of the molecule is CC1Oc2ccc(NC(=O)CCCOc3ccccc3)cc2N(Cc2ccc(Cl)cc2)C1=O. The number of carbonyl (C=O) groups is 2. The van der Waals surface area contributed by atoms with E-state index in [9.17, 15) is 9.59 Å². The molecule has 0 radical (unpaired) electrons. The molecule has 33 heavy (non-hydrogen) atoms. The van der Waals surface area contributed by atoms with Gasteiger partial charge in [0.25, 0.3) is 5.91 Å². The molecular weight excluding hydrogens is 440 g/mol. The molecule has 1 unspecified atom stereocenters. The molecule has 1 heterocycles. The van der Waals surface area contributed by atoms with E-state index >= 15 is 0 Å². The number of benzene rings is 3. The summed E-state index contributed by atoms with van der Waals surface area (Å²) < 4.78 is 11.4. The summed E-state index contributed by atoms with van der Waals surface area (Å²) in [5, 5.41) is 3.54. The average molecular weight is 465 g/mol. The number of ether oxygens (including phenoxy) is 2. The molecule has 7 heteroatoms. The van der Waals surface area contributed by atoms with Crippen LogP contribution in [0.5, 0.6) is 11.5 Å². The van der Waals surface area contributed by atoms with Crippen LogP contribution in [0.15, 0.2) is 72.8 Å². The first-order valence-electron chi connectivity index (χ1n) is 10.8. The highest BCUT2D eigenvalue weighted by molar-refractivity contribution is 6.30. The zero-order chi connectivity index (χ0) is 23.2. The van der Waals surface area contributed by atoms with Crippen molar-refractivity contribution in [3.05, 3.63) is 83.4 Å². The Morgan fingerprint density at radius 1 is 1.09 bits per heavy atom. The van der Waals surface area contributed by atoms with E-state index in [0.717, 1.165) is 11.3 Å². The number of rotatable bonds is 8. The molecule has 170 valence electrons. The fourth-order valence-electron chi connectivity index (χ4n) is 3.58. The van der Waals surface area contributed by atoms with Gasteiger partial charge in [-0.3, -0.25) is 9.59 Å². The zero-order valence-corrected chi connectivity index (χ0v) is 19.0. The quantitative estimate of drug-likeness (QED) is 0.450. The number of nitrogens with zero attached hydrogens (tertiary/aromatic N) is 1. The van der Waals surface area contributed by atoms with Crippen LogP contribution in [0.1, 0.15) is 25.3 Å². The zero-order valence-electron chi connectivity index (χ0n) is 18.3. The van der Waals surface area contributed by atoms with Crippen molar-refractivity contribution in [3.63, 3.8) is 0 Å². The molecule has 6 nitrogen and oxygen atoms in total. The summed E-state index contributed by atoms with van der Waals surface area (Å²) in [6.07, 6.45) is 0.327. The molecule has 0 spiro atoms. The summed E-state index contributed by atoms with van der Waals surface area (Å²) in [4.78, 5) is 27.0. The number of hydrogen-bond donors (Lipinski definition) is 1. The molecule has 2 amide bonds. The lowest BCUT2D eigenvalue weighted by atomic mass is 10.1. The van der Waals surface area contributed by atoms with Crippen LogP contribution < -0.4 is 19.7 Å². The van der Waals surface area contributed by atoms with Crippen LogP contribution in [0.4, 0.5) is 11.4 Å². The summed E-state index contributed by atoms with van der Waals surface area (Å²) in [7, 11) is 0. The van der Waals surface area contributed by atoms with E-state index < -0.39 is 6.10 Å². The Balaban J connectivity index is 1.40. The molecule has 0 aromatic heterocycles. The fraction of sp³-hybridized carbons (Fsp3) is 0.231. The first-order chi connectivity index (χ1) is 16.0. The van der Waals surface area contributed by atoms with Gasteiger partial charge in [0.15, 0.2) is 6.10 Å². The van der Waals surface area contributed by atoms with Gasteiger partial charge in [-0.05, 0) is 61.4 Å². The summed E-state index contributed by atoms with van der Waals surface area (Å²) in [6.45, 7) is 2.56. The third-order valence-corrected chi connectivity index (χ3v) is 5.52. The van der Waals surface area contributed by atoms with E-state index in [2.05, 4.69) is 5.32 Å². The minimum atomic E-state index is -0.588. The lowest BCUT2D eigenvalue weighted by molar-refractivity contribution is -0.125. The van der Waals surface area contributed by atoms with Gasteiger partial charge >= 0.3 is 0 Å². The number of amides is 2. The predicted molar refractivity (Wildman–Crippen MR) is 129 cm³/mol. The molecule has 0 saturated heterocycles. The van der Waals surface area contributed by atoms with Crippen molar-refractivity contribution in [1.82, 2.24) is 0 Å². The smallest absolute Gasteiger partial charge is 0.268 e. The summed E-state index contributed by atoms with van der Waals surface area (Å²) in [5.74, 6) is 1.13. The van der Waals surface area contributed by atoms with Gasteiger partial charge in [0.1, 0.15) is 11.5 Å². The number of anilines is 2. The minimum Gasteiger partial charge on any atom is -0.494 e. The third kappa shape index (κ3) is 5.84. The third-order valence-electron chi connectivity index (χ3n) is 5.27. The minimum absolute atomic E-state index is 0.118. The van der Waals surface area contributed by atoms with Crippen molar-refractivity contribution in [2.45, 2.75) is 32.4 Å². The van der Waals surface area contributed by atoms with Crippen molar-refractivity contribution in [1.29, 1.82) is 0 Å². The maximum atomic E-state index is 12.9. The summed E-state index contributed by atoms with van der Waals surface area (Å²) in [5.41, 5.74) is 2.17. The lowest BCUT2D eigenvalue weighted by Gasteiger charge is -2.33. The molecule has 1 aliphatic rings. The van der Waals surface area contributed by atoms with Gasteiger partial charge in [0.05, 0.1) is 18.8 Å². The molecule has 4 rings (SSSR count). The second-order valence-corrected chi connectivity index (χ2v) is 8.24. The largest absolute Gasteiger partial charge is 0.494 e. The second-order valence-electron chi connectivity index (χ2n) is 7.81. The maximum absolute atomic E-state index is 12.9. The van der Waals surface area contributed by atoms with Crippen molar-refractivity contribution >= 4 is 34.8 Å². The molecule has 0 saturated carbocycles. The Kier molecular flexibility index (Phi) is 7.15. The van der Waals surface area contributed by atoms with Crippen molar-refractivity contribution in [3.8, 4) is 11.5 Å². The molecule has 1 atom stereocenters. The molecule has 3 aromatic carbocycles. The molecule has 1 N–H and O–H groups in total. The number of para-hydroxylation sites is 1. The van der Waals surface area contributed by atoms with E-state index in [-0.39, 0.29) is 11.8 Å². The fourth-order valence-corrected chi connectivity index (χ4v) is 3.71. The summed E-state index contributed by atoms with van der Waals surface area (Å²) >= 11 is 5.98. The Morgan fingerprint density at radius 3 is 2.61 bits per heavy atom. The maximum Gasteiger partial charge on any atom is 0.268 e. The van der Waals surface area contributed by atoms with E-state index in [0.29, 0.717) is 48.1 Å². The standard InChI is InChI=1S/C26H25ClN2O4/c1-18-26(31)29(17-19-9-11-20(27)12-10-19)23-16-21(13-14-24(23)33-18)28-25(30)8-5-15-32-22-6-3-2-4-7-22/h2-4,6-7,9-14,16,18H,5,8,15,17H2,1H3,(H,28,30). The first-order valence-corrected chi connectivity index (χ1v) is 11.2. The van der Waals surface area contributed by atoms with Crippen LogP contribution in [0, 0.1) is 0 Å². The van der Waals surface area contributed by atoms with E-state index in [4.69, 9.17) is 21.1 Å². The highest BCUT2D eigenvalue weighted by Crippen LogP contribution is 2.37. The Morgan fingerprint density at radius 2 is 1.85 bits per heavy atom. The van der Waals surface area contributed by atoms with Crippen LogP contribution in [0.2, 0.25) is 5.02 Å². The number of fused-ring (bicyclic) bond motifs is 1. The highest BCUT2D eigenvalue weighted by Gasteiger charge is 2.31. The number of hydrogen-bond acceptors (Lipinski definition) is 4. The normalized spacial score (nSPS) is 14.9. The van der Waals surface area contributed by atoms with E-state index in [1.807, 2.05) is 42.5 Å². The number of nitrogens with one attached hydrogen (secondary N) is 1. The summed E-state index contributed by atoms with van der Waals surface area (Å²) in [6, 6.07) is 22.2. The van der Waals surface area contributed by atoms with Crippen molar-refractivity contribution < 1.29 is 19.1 Å². The topological polar surface area (TPSA) is 67.9 Å². The van der Waals surface area contributed by atoms with Crippen molar-refractivity contribution in [2.75, 3.05) is 16.8 Å². The van der Waals surface area contributed by atoms with Gasteiger partial charge in [-0.15, -0.1) is 0 Å². The number of carbonyl (C=O) groups excluding carboxylic acids is 2. The Bertz CT molecular complexity index is 1120. The highest BCUT2D eigenvalue weighted by atomic mass is 35.5.